The zero-order chi connectivity index (χ0) is 12.5. The number of pyridine rings is 1. The molecule has 0 aliphatic heterocycles. The van der Waals surface area contributed by atoms with Gasteiger partial charge in [-0.25, -0.2) is 0 Å². The van der Waals surface area contributed by atoms with Gasteiger partial charge >= 0.3 is 6.18 Å². The minimum atomic E-state index is -4.34. The summed E-state index contributed by atoms with van der Waals surface area (Å²) in [5, 5.41) is 9.49. The molecule has 1 aromatic heterocycles. The van der Waals surface area contributed by atoms with Gasteiger partial charge in [0.1, 0.15) is 0 Å². The number of hydrogen-bond acceptors (Lipinski definition) is 1. The van der Waals surface area contributed by atoms with Crippen molar-refractivity contribution in [2.75, 3.05) is 0 Å². The normalized spacial score (nSPS) is 11.5. The van der Waals surface area contributed by atoms with Gasteiger partial charge in [0, 0.05) is 16.9 Å². The number of rotatable bonds is 1. The molecule has 2 rings (SSSR count). The van der Waals surface area contributed by atoms with Gasteiger partial charge in [-0.2, -0.15) is 13.2 Å². The van der Waals surface area contributed by atoms with Crippen LogP contribution in [0.4, 0.5) is 13.2 Å². The summed E-state index contributed by atoms with van der Waals surface area (Å²) in [5.74, 6) is 0. The van der Waals surface area contributed by atoms with Crippen molar-refractivity contribution in [2.45, 2.75) is 6.18 Å². The van der Waals surface area contributed by atoms with Crippen molar-refractivity contribution in [3.8, 4) is 11.3 Å². The van der Waals surface area contributed by atoms with Crippen LogP contribution in [0.1, 0.15) is 5.56 Å². The Morgan fingerprint density at radius 2 is 1.59 bits per heavy atom. The molecule has 2 nitrogen and oxygen atoms in total. The molecule has 1 heterocycles. The molecule has 0 aliphatic carbocycles. The number of aromatic nitrogens is 1. The molecule has 0 bridgehead atoms. The average Bonchev–Trinajstić information content (AvgIpc) is 2.29. The summed E-state index contributed by atoms with van der Waals surface area (Å²) < 4.78 is 37.9. The maximum atomic E-state index is 12.3. The first kappa shape index (κ1) is 11.4. The first-order valence-electron chi connectivity index (χ1n) is 4.86. The Morgan fingerprint density at radius 3 is 2.12 bits per heavy atom. The standard InChI is InChI=1S/C12H9F3NO/c13-12(14,15)10-6-4-9(5-7-10)11-3-1-2-8-16(11)17/h1-8,17H/q+1. The molecule has 88 valence electrons. The van der Waals surface area contributed by atoms with Crippen LogP contribution in [0.3, 0.4) is 0 Å². The Labute approximate surface area is 95.5 Å². The quantitative estimate of drug-likeness (QED) is 0.601. The van der Waals surface area contributed by atoms with Crippen LogP contribution in [0, 0.1) is 0 Å². The molecular weight excluding hydrogens is 231 g/mol. The number of halogens is 3. The fourth-order valence-corrected chi connectivity index (χ4v) is 1.49. The second kappa shape index (κ2) is 4.08. The van der Waals surface area contributed by atoms with E-state index in [1.807, 2.05) is 0 Å². The van der Waals surface area contributed by atoms with Gasteiger partial charge in [-0.15, -0.1) is 0 Å². The van der Waals surface area contributed by atoms with Crippen molar-refractivity contribution in [3.63, 3.8) is 0 Å². The highest BCUT2D eigenvalue weighted by atomic mass is 19.4. The van der Waals surface area contributed by atoms with Gasteiger partial charge in [0.15, 0.2) is 0 Å². The van der Waals surface area contributed by atoms with Crippen molar-refractivity contribution in [2.24, 2.45) is 0 Å². The predicted molar refractivity (Wildman–Crippen MR) is 54.3 cm³/mol. The van der Waals surface area contributed by atoms with Crippen molar-refractivity contribution in [1.82, 2.24) is 0 Å². The molecule has 0 aliphatic rings. The molecule has 0 saturated carbocycles. The van der Waals surface area contributed by atoms with E-state index >= 15 is 0 Å². The third-order valence-electron chi connectivity index (χ3n) is 2.35. The van der Waals surface area contributed by atoms with E-state index in [-0.39, 0.29) is 0 Å². The van der Waals surface area contributed by atoms with Crippen LogP contribution in [0.2, 0.25) is 0 Å². The molecule has 0 atom stereocenters. The Balaban J connectivity index is 2.40. The Kier molecular flexibility index (Phi) is 2.75. The molecule has 0 amide bonds. The van der Waals surface area contributed by atoms with Crippen LogP contribution in [-0.4, -0.2) is 5.21 Å². The third kappa shape index (κ3) is 2.38. The third-order valence-corrected chi connectivity index (χ3v) is 2.35. The van der Waals surface area contributed by atoms with Crippen LogP contribution in [0.15, 0.2) is 48.7 Å². The van der Waals surface area contributed by atoms with E-state index in [9.17, 15) is 18.4 Å². The highest BCUT2D eigenvalue weighted by molar-refractivity contribution is 5.56. The maximum absolute atomic E-state index is 12.3. The van der Waals surface area contributed by atoms with Crippen molar-refractivity contribution >= 4 is 0 Å². The number of alkyl halides is 3. The fraction of sp³-hybridized carbons (Fsp3) is 0.0833. The minimum Gasteiger partial charge on any atom is -0.285 e. The van der Waals surface area contributed by atoms with E-state index in [0.29, 0.717) is 11.3 Å². The summed E-state index contributed by atoms with van der Waals surface area (Å²) in [6.45, 7) is 0. The largest absolute Gasteiger partial charge is 0.416 e. The fourth-order valence-electron chi connectivity index (χ4n) is 1.49. The van der Waals surface area contributed by atoms with Gasteiger partial charge in [0.25, 0.3) is 5.69 Å². The lowest BCUT2D eigenvalue weighted by Gasteiger charge is -2.06. The van der Waals surface area contributed by atoms with E-state index in [1.54, 1.807) is 18.2 Å². The lowest BCUT2D eigenvalue weighted by Crippen LogP contribution is -2.31. The van der Waals surface area contributed by atoms with E-state index in [0.717, 1.165) is 16.9 Å². The molecule has 1 N–H and O–H groups in total. The van der Waals surface area contributed by atoms with Crippen molar-refractivity contribution < 1.29 is 23.1 Å². The molecular formula is C12H9F3NO+. The average molecular weight is 240 g/mol. The lowest BCUT2D eigenvalue weighted by molar-refractivity contribution is -0.896. The molecule has 0 unspecified atom stereocenters. The summed E-state index contributed by atoms with van der Waals surface area (Å²) in [6, 6.07) is 9.55. The van der Waals surface area contributed by atoms with Crippen LogP contribution in [0.25, 0.3) is 11.3 Å². The van der Waals surface area contributed by atoms with Gasteiger partial charge < -0.3 is 0 Å². The number of nitrogens with zero attached hydrogens (tertiary/aromatic N) is 1. The summed E-state index contributed by atoms with van der Waals surface area (Å²) in [6.07, 6.45) is -2.93. The van der Waals surface area contributed by atoms with Crippen molar-refractivity contribution in [3.05, 3.63) is 54.2 Å². The molecule has 2 aromatic rings. The molecule has 5 heteroatoms. The van der Waals surface area contributed by atoms with E-state index in [4.69, 9.17) is 0 Å². The first-order chi connectivity index (χ1) is 7.98. The number of hydrogen-bond donors (Lipinski definition) is 1. The van der Waals surface area contributed by atoms with Crippen LogP contribution in [-0.2, 0) is 6.18 Å². The highest BCUT2D eigenvalue weighted by Crippen LogP contribution is 2.30. The van der Waals surface area contributed by atoms with E-state index < -0.39 is 11.7 Å². The molecule has 0 radical (unpaired) electrons. The molecule has 0 saturated heterocycles. The SMILES string of the molecule is O[n+]1ccccc1-c1ccc(C(F)(F)F)cc1. The highest BCUT2D eigenvalue weighted by Gasteiger charge is 2.30. The van der Waals surface area contributed by atoms with Crippen LogP contribution < -0.4 is 4.73 Å². The lowest BCUT2D eigenvalue weighted by atomic mass is 10.1. The van der Waals surface area contributed by atoms with Gasteiger partial charge in [0.05, 0.1) is 11.1 Å². The Hall–Kier alpha value is -2.04. The van der Waals surface area contributed by atoms with Gasteiger partial charge in [0.2, 0.25) is 6.20 Å². The monoisotopic (exact) mass is 240 g/mol. The van der Waals surface area contributed by atoms with Crippen LogP contribution >= 0.6 is 0 Å². The van der Waals surface area contributed by atoms with Gasteiger partial charge in [-0.05, 0) is 30.3 Å². The topological polar surface area (TPSA) is 24.1 Å². The summed E-state index contributed by atoms with van der Waals surface area (Å²) >= 11 is 0. The predicted octanol–water partition coefficient (Wildman–Crippen LogP) is 2.90. The molecule has 0 spiro atoms. The molecule has 0 fully saturated rings. The van der Waals surface area contributed by atoms with Gasteiger partial charge in [-0.3, -0.25) is 5.21 Å². The van der Waals surface area contributed by atoms with E-state index in [2.05, 4.69) is 0 Å². The summed E-state index contributed by atoms with van der Waals surface area (Å²) in [4.78, 5) is 0. The van der Waals surface area contributed by atoms with Crippen molar-refractivity contribution in [1.29, 1.82) is 0 Å². The second-order valence-electron chi connectivity index (χ2n) is 3.51. The maximum Gasteiger partial charge on any atom is 0.416 e. The zero-order valence-corrected chi connectivity index (χ0v) is 8.65. The van der Waals surface area contributed by atoms with Crippen LogP contribution in [0.5, 0.6) is 0 Å². The first-order valence-corrected chi connectivity index (χ1v) is 4.86. The second-order valence-corrected chi connectivity index (χ2v) is 3.51. The van der Waals surface area contributed by atoms with E-state index in [1.165, 1.54) is 18.3 Å². The minimum absolute atomic E-state index is 0.432. The number of benzene rings is 1. The summed E-state index contributed by atoms with van der Waals surface area (Å²) in [5.41, 5.74) is 0.240. The summed E-state index contributed by atoms with van der Waals surface area (Å²) in [7, 11) is 0. The Morgan fingerprint density at radius 1 is 0.941 bits per heavy atom. The molecule has 1 aromatic carbocycles. The van der Waals surface area contributed by atoms with Gasteiger partial charge in [-0.1, -0.05) is 0 Å². The Bertz CT molecular complexity index is 520. The zero-order valence-electron chi connectivity index (χ0n) is 8.65. The smallest absolute Gasteiger partial charge is 0.285 e. The molecule has 17 heavy (non-hydrogen) atoms.